The van der Waals surface area contributed by atoms with Crippen molar-refractivity contribution in [1.29, 1.82) is 0 Å². The van der Waals surface area contributed by atoms with Gasteiger partial charge >= 0.3 is 0 Å². The van der Waals surface area contributed by atoms with Gasteiger partial charge in [-0.1, -0.05) is 12.1 Å². The lowest BCUT2D eigenvalue weighted by Crippen LogP contribution is -2.47. The van der Waals surface area contributed by atoms with Crippen LogP contribution in [0, 0.1) is 0 Å². The summed E-state index contributed by atoms with van der Waals surface area (Å²) in [5, 5.41) is 4.67. The minimum atomic E-state index is -0.914. The fourth-order valence-corrected chi connectivity index (χ4v) is 4.07. The third kappa shape index (κ3) is 3.03. The van der Waals surface area contributed by atoms with E-state index in [0.717, 1.165) is 4.90 Å². The number of ketones is 2. The van der Waals surface area contributed by atoms with Gasteiger partial charge in [-0.05, 0) is 18.1 Å². The summed E-state index contributed by atoms with van der Waals surface area (Å²) in [6.07, 6.45) is 1.58. The van der Waals surface area contributed by atoms with Gasteiger partial charge in [-0.15, -0.1) is 11.3 Å². The number of rotatable bonds is 4. The van der Waals surface area contributed by atoms with Crippen LogP contribution in [0.4, 0.5) is 0 Å². The van der Waals surface area contributed by atoms with E-state index in [2.05, 4.69) is 10.3 Å². The normalized spacial score (nSPS) is 19.1. The zero-order chi connectivity index (χ0) is 19.8. The Labute approximate surface area is 163 Å². The van der Waals surface area contributed by atoms with Gasteiger partial charge in [-0.25, -0.2) is 4.98 Å². The maximum atomic E-state index is 13.0. The second-order valence-corrected chi connectivity index (χ2v) is 7.47. The minimum absolute atomic E-state index is 0.0472. The van der Waals surface area contributed by atoms with Crippen LogP contribution in [-0.4, -0.2) is 45.2 Å². The van der Waals surface area contributed by atoms with Gasteiger partial charge < -0.3 is 5.32 Å². The summed E-state index contributed by atoms with van der Waals surface area (Å²) in [5.74, 6) is -2.07. The molecule has 1 unspecified atom stereocenters. The number of aromatic nitrogens is 1. The smallest absolute Gasteiger partial charge is 0.280 e. The van der Waals surface area contributed by atoms with E-state index in [1.165, 1.54) is 23.6 Å². The number of nitrogens with zero attached hydrogens (tertiary/aromatic N) is 2. The molecule has 1 aromatic heterocycles. The summed E-state index contributed by atoms with van der Waals surface area (Å²) in [7, 11) is 0. The van der Waals surface area contributed by atoms with Crippen LogP contribution in [-0.2, 0) is 16.1 Å². The fraction of sp³-hybridized carbons (Fsp3) is 0.263. The molecule has 2 heterocycles. The van der Waals surface area contributed by atoms with Gasteiger partial charge in [0.15, 0.2) is 10.8 Å². The van der Waals surface area contributed by atoms with Crippen LogP contribution in [0.15, 0.2) is 29.8 Å². The minimum Gasteiger partial charge on any atom is -0.346 e. The van der Waals surface area contributed by atoms with Gasteiger partial charge in [0.05, 0.1) is 23.6 Å². The number of imide groups is 1. The Morgan fingerprint density at radius 2 is 2.04 bits per heavy atom. The number of thiazole rings is 1. The summed E-state index contributed by atoms with van der Waals surface area (Å²) in [4.78, 5) is 66.5. The van der Waals surface area contributed by atoms with Crippen molar-refractivity contribution < 1.29 is 24.0 Å². The van der Waals surface area contributed by atoms with E-state index in [9.17, 15) is 24.0 Å². The van der Waals surface area contributed by atoms with Crippen molar-refractivity contribution >= 4 is 40.6 Å². The number of fused-ring (bicyclic) bond motifs is 1. The largest absolute Gasteiger partial charge is 0.346 e. The molecule has 142 valence electrons. The van der Waals surface area contributed by atoms with Gasteiger partial charge in [0.2, 0.25) is 0 Å². The number of amides is 3. The molecule has 1 aromatic carbocycles. The molecule has 8 nitrogen and oxygen atoms in total. The van der Waals surface area contributed by atoms with Crippen LogP contribution in [0.5, 0.6) is 0 Å². The third-order valence-electron chi connectivity index (χ3n) is 4.85. The zero-order valence-electron chi connectivity index (χ0n) is 14.6. The fourth-order valence-electron chi connectivity index (χ4n) is 3.52. The maximum absolute atomic E-state index is 13.0. The number of hydrogen-bond donors (Lipinski definition) is 1. The van der Waals surface area contributed by atoms with Gasteiger partial charge in [0, 0.05) is 24.5 Å². The molecular formula is C19H15N3O5S. The summed E-state index contributed by atoms with van der Waals surface area (Å²) in [6, 6.07) is 3.90. The highest BCUT2D eigenvalue weighted by Gasteiger charge is 2.45. The number of nitrogens with one attached hydrogen (secondary N) is 1. The van der Waals surface area contributed by atoms with Crippen LogP contribution < -0.4 is 5.32 Å². The first-order chi connectivity index (χ1) is 13.5. The lowest BCUT2D eigenvalue weighted by Gasteiger charge is -2.27. The average molecular weight is 397 g/mol. The molecule has 2 aliphatic rings. The molecule has 0 spiro atoms. The molecule has 0 bridgehead atoms. The Morgan fingerprint density at radius 1 is 1.21 bits per heavy atom. The molecule has 1 N–H and O–H groups in total. The standard InChI is InChI=1S/C19H15N3O5S/c23-11-4-5-13(14(24)8-11)22-18(26)12-3-1-2-10(15(12)19(22)27)9-21-16(25)17-20-6-7-28-17/h1-3,6-7,13H,4-5,8-9H2,(H,21,25). The number of carbonyl (C=O) groups is 5. The lowest BCUT2D eigenvalue weighted by molar-refractivity contribution is -0.132. The molecule has 2 aromatic rings. The van der Waals surface area contributed by atoms with E-state index >= 15 is 0 Å². The number of benzene rings is 1. The third-order valence-corrected chi connectivity index (χ3v) is 5.62. The first-order valence-electron chi connectivity index (χ1n) is 8.69. The molecule has 4 rings (SSSR count). The highest BCUT2D eigenvalue weighted by molar-refractivity contribution is 7.11. The summed E-state index contributed by atoms with van der Waals surface area (Å²) >= 11 is 1.19. The van der Waals surface area contributed by atoms with Gasteiger partial charge in [0.25, 0.3) is 17.7 Å². The number of hydrogen-bond acceptors (Lipinski definition) is 7. The van der Waals surface area contributed by atoms with Gasteiger partial charge in [0.1, 0.15) is 5.78 Å². The van der Waals surface area contributed by atoms with Crippen molar-refractivity contribution in [2.24, 2.45) is 0 Å². The Hall–Kier alpha value is -3.20. The maximum Gasteiger partial charge on any atom is 0.280 e. The van der Waals surface area contributed by atoms with Crippen molar-refractivity contribution in [3.05, 3.63) is 51.5 Å². The van der Waals surface area contributed by atoms with E-state index in [1.807, 2.05) is 0 Å². The molecule has 1 saturated carbocycles. The second-order valence-electron chi connectivity index (χ2n) is 6.58. The van der Waals surface area contributed by atoms with Crippen LogP contribution in [0.2, 0.25) is 0 Å². The van der Waals surface area contributed by atoms with Crippen molar-refractivity contribution in [3.63, 3.8) is 0 Å². The first kappa shape index (κ1) is 18.2. The monoisotopic (exact) mass is 397 g/mol. The summed E-state index contributed by atoms with van der Waals surface area (Å²) < 4.78 is 0. The Kier molecular flexibility index (Phi) is 4.60. The zero-order valence-corrected chi connectivity index (χ0v) is 15.5. The van der Waals surface area contributed by atoms with Crippen LogP contribution in [0.25, 0.3) is 0 Å². The summed E-state index contributed by atoms with van der Waals surface area (Å²) in [6.45, 7) is 0.0472. The average Bonchev–Trinajstić information content (AvgIpc) is 3.29. The highest BCUT2D eigenvalue weighted by Crippen LogP contribution is 2.31. The first-order valence-corrected chi connectivity index (χ1v) is 9.57. The van der Waals surface area contributed by atoms with E-state index in [1.54, 1.807) is 17.5 Å². The predicted molar refractivity (Wildman–Crippen MR) is 97.9 cm³/mol. The Morgan fingerprint density at radius 3 is 2.75 bits per heavy atom. The predicted octanol–water partition coefficient (Wildman–Crippen LogP) is 1.36. The van der Waals surface area contributed by atoms with Crippen molar-refractivity contribution in [2.75, 3.05) is 0 Å². The highest BCUT2D eigenvalue weighted by atomic mass is 32.1. The second kappa shape index (κ2) is 7.08. The summed E-state index contributed by atoms with van der Waals surface area (Å²) in [5.41, 5.74) is 0.884. The topological polar surface area (TPSA) is 114 Å². The molecule has 1 fully saturated rings. The molecule has 1 aliphatic heterocycles. The SMILES string of the molecule is O=C1CCC(N2C(=O)c3cccc(CNC(=O)c4nccs4)c3C2=O)C(=O)C1. The van der Waals surface area contributed by atoms with Gasteiger partial charge in [-0.2, -0.15) is 0 Å². The number of Topliss-reactive ketones (excluding diaryl/α,β-unsaturated/α-hetero) is 2. The molecule has 0 saturated heterocycles. The van der Waals surface area contributed by atoms with E-state index < -0.39 is 23.6 Å². The van der Waals surface area contributed by atoms with Crippen LogP contribution in [0.3, 0.4) is 0 Å². The number of carbonyl (C=O) groups excluding carboxylic acids is 5. The molecule has 3 amide bonds. The lowest BCUT2D eigenvalue weighted by atomic mass is 9.92. The van der Waals surface area contributed by atoms with Crippen molar-refractivity contribution in [1.82, 2.24) is 15.2 Å². The molecule has 28 heavy (non-hydrogen) atoms. The van der Waals surface area contributed by atoms with E-state index in [-0.39, 0.29) is 48.6 Å². The molecular weight excluding hydrogens is 382 g/mol. The molecule has 0 radical (unpaired) electrons. The molecule has 9 heteroatoms. The van der Waals surface area contributed by atoms with Gasteiger partial charge in [-0.3, -0.25) is 28.9 Å². The Balaban J connectivity index is 1.58. The van der Waals surface area contributed by atoms with Crippen molar-refractivity contribution in [3.8, 4) is 0 Å². The molecule has 1 aliphatic carbocycles. The van der Waals surface area contributed by atoms with E-state index in [0.29, 0.717) is 10.6 Å². The Bertz CT molecular complexity index is 1010. The van der Waals surface area contributed by atoms with Crippen molar-refractivity contribution in [2.45, 2.75) is 31.8 Å². The molecule has 1 atom stereocenters. The van der Waals surface area contributed by atoms with Crippen LogP contribution >= 0.6 is 11.3 Å². The van der Waals surface area contributed by atoms with E-state index in [4.69, 9.17) is 0 Å². The quantitative estimate of drug-likeness (QED) is 0.616. The van der Waals surface area contributed by atoms with Crippen LogP contribution in [0.1, 0.15) is 55.3 Å².